The summed E-state index contributed by atoms with van der Waals surface area (Å²) in [5, 5.41) is 0. The van der Waals surface area contributed by atoms with Crippen molar-refractivity contribution < 1.29 is 22.6 Å². The summed E-state index contributed by atoms with van der Waals surface area (Å²) in [7, 11) is 0. The van der Waals surface area contributed by atoms with E-state index in [1.54, 1.807) is 6.07 Å². The Balaban J connectivity index is 1.76. The molecule has 0 aliphatic carbocycles. The molecule has 1 aromatic heterocycles. The molecular weight excluding hydrogens is 333 g/mol. The number of hydrogen-bond donors (Lipinski definition) is 1. The lowest BCUT2D eigenvalue weighted by atomic mass is 9.94. The van der Waals surface area contributed by atoms with Crippen molar-refractivity contribution in [2.45, 2.75) is 19.0 Å². The Labute approximate surface area is 143 Å². The Kier molecular flexibility index (Phi) is 4.83. The van der Waals surface area contributed by atoms with Crippen molar-refractivity contribution in [3.05, 3.63) is 59.9 Å². The van der Waals surface area contributed by atoms with E-state index in [0.29, 0.717) is 24.0 Å². The first kappa shape index (κ1) is 17.1. The molecule has 1 aliphatic rings. The van der Waals surface area contributed by atoms with Gasteiger partial charge in [0.2, 0.25) is 5.88 Å². The van der Waals surface area contributed by atoms with Gasteiger partial charge in [-0.15, -0.1) is 0 Å². The third-order valence-corrected chi connectivity index (χ3v) is 3.92. The van der Waals surface area contributed by atoms with E-state index in [-0.39, 0.29) is 5.88 Å². The van der Waals surface area contributed by atoms with Gasteiger partial charge in [-0.3, -0.25) is 0 Å². The van der Waals surface area contributed by atoms with Crippen LogP contribution >= 0.6 is 0 Å². The second-order valence-corrected chi connectivity index (χ2v) is 5.77. The molecule has 0 saturated heterocycles. The number of rotatable bonds is 4. The van der Waals surface area contributed by atoms with Gasteiger partial charge in [0.15, 0.2) is 11.5 Å². The predicted octanol–water partition coefficient (Wildman–Crippen LogP) is 4.31. The number of hydrogen-bond acceptors (Lipinski definition) is 4. The van der Waals surface area contributed by atoms with Crippen LogP contribution in [0.4, 0.5) is 13.2 Å². The largest absolute Gasteiger partial charge is 0.489 e. The minimum absolute atomic E-state index is 0.0817. The van der Waals surface area contributed by atoms with Gasteiger partial charge in [0, 0.05) is 18.2 Å². The number of ether oxygens (including phenoxy) is 2. The quantitative estimate of drug-likeness (QED) is 0.893. The van der Waals surface area contributed by atoms with Gasteiger partial charge in [-0.25, -0.2) is 4.98 Å². The SMILES string of the molecule is NC=CCC1COc2c(cccc2Oc2ccc(C(F)(F)F)cn2)C1. The van der Waals surface area contributed by atoms with Crippen LogP contribution in [0.3, 0.4) is 0 Å². The molecule has 1 unspecified atom stereocenters. The number of aromatic nitrogens is 1. The minimum atomic E-state index is -4.42. The highest BCUT2D eigenvalue weighted by atomic mass is 19.4. The first-order chi connectivity index (χ1) is 12.0. The molecular formula is C18H17F3N2O2. The summed E-state index contributed by atoms with van der Waals surface area (Å²) in [6.45, 7) is 0.526. The zero-order valence-corrected chi connectivity index (χ0v) is 13.3. The van der Waals surface area contributed by atoms with Gasteiger partial charge < -0.3 is 15.2 Å². The van der Waals surface area contributed by atoms with Gasteiger partial charge in [0.1, 0.15) is 0 Å². The van der Waals surface area contributed by atoms with E-state index in [1.807, 2.05) is 18.2 Å². The van der Waals surface area contributed by atoms with Crippen LogP contribution in [0.15, 0.2) is 48.8 Å². The van der Waals surface area contributed by atoms with E-state index in [9.17, 15) is 13.2 Å². The number of fused-ring (bicyclic) bond motifs is 1. The van der Waals surface area contributed by atoms with E-state index in [1.165, 1.54) is 12.3 Å². The maximum Gasteiger partial charge on any atom is 0.417 e. The molecule has 2 N–H and O–H groups in total. The Morgan fingerprint density at radius 1 is 1.28 bits per heavy atom. The first-order valence-electron chi connectivity index (χ1n) is 7.80. The number of pyridine rings is 1. The monoisotopic (exact) mass is 350 g/mol. The fourth-order valence-electron chi connectivity index (χ4n) is 2.68. The number of benzene rings is 1. The van der Waals surface area contributed by atoms with Crippen LogP contribution < -0.4 is 15.2 Å². The van der Waals surface area contributed by atoms with Crippen LogP contribution in [0, 0.1) is 5.92 Å². The van der Waals surface area contributed by atoms with Gasteiger partial charge in [-0.1, -0.05) is 18.2 Å². The Bertz CT molecular complexity index is 758. The standard InChI is InChI=1S/C18H17F3N2O2/c19-18(20,21)14-6-7-16(23-10-14)25-15-5-1-4-13-9-12(3-2-8-22)11-24-17(13)15/h1-2,4-8,10,12H,3,9,11,22H2. The zero-order chi connectivity index (χ0) is 17.9. The highest BCUT2D eigenvalue weighted by molar-refractivity contribution is 5.49. The van der Waals surface area contributed by atoms with Crippen molar-refractivity contribution in [2.24, 2.45) is 11.7 Å². The maximum absolute atomic E-state index is 12.6. The number of alkyl halides is 3. The van der Waals surface area contributed by atoms with Crippen molar-refractivity contribution >= 4 is 0 Å². The van der Waals surface area contributed by atoms with E-state index >= 15 is 0 Å². The predicted molar refractivity (Wildman–Crippen MR) is 86.4 cm³/mol. The average Bonchev–Trinajstić information content (AvgIpc) is 2.59. The Hall–Kier alpha value is -2.70. The molecule has 2 aromatic rings. The van der Waals surface area contributed by atoms with Crippen LogP contribution in [0.25, 0.3) is 0 Å². The summed E-state index contributed by atoms with van der Waals surface area (Å²) < 4.78 is 49.2. The normalized spacial score (nSPS) is 17.2. The molecule has 7 heteroatoms. The first-order valence-corrected chi connectivity index (χ1v) is 7.80. The molecule has 0 radical (unpaired) electrons. The molecule has 1 atom stereocenters. The van der Waals surface area contributed by atoms with E-state index < -0.39 is 11.7 Å². The molecule has 1 aliphatic heterocycles. The van der Waals surface area contributed by atoms with Crippen molar-refractivity contribution in [2.75, 3.05) is 6.61 Å². The second-order valence-electron chi connectivity index (χ2n) is 5.77. The minimum Gasteiger partial charge on any atom is -0.489 e. The summed E-state index contributed by atoms with van der Waals surface area (Å²) >= 11 is 0. The lowest BCUT2D eigenvalue weighted by molar-refractivity contribution is -0.137. The molecule has 132 valence electrons. The molecule has 4 nitrogen and oxygen atoms in total. The number of para-hydroxylation sites is 1. The summed E-state index contributed by atoms with van der Waals surface area (Å²) in [6, 6.07) is 7.61. The second kappa shape index (κ2) is 7.04. The third-order valence-electron chi connectivity index (χ3n) is 3.92. The average molecular weight is 350 g/mol. The smallest absolute Gasteiger partial charge is 0.417 e. The summed E-state index contributed by atoms with van der Waals surface area (Å²) in [5.74, 6) is 1.46. The van der Waals surface area contributed by atoms with E-state index in [2.05, 4.69) is 4.98 Å². The van der Waals surface area contributed by atoms with E-state index in [0.717, 1.165) is 30.7 Å². The van der Waals surface area contributed by atoms with Gasteiger partial charge >= 0.3 is 6.18 Å². The molecule has 0 amide bonds. The van der Waals surface area contributed by atoms with E-state index in [4.69, 9.17) is 15.2 Å². The van der Waals surface area contributed by atoms with Crippen molar-refractivity contribution in [3.63, 3.8) is 0 Å². The molecule has 1 aromatic carbocycles. The number of nitrogens with two attached hydrogens (primary N) is 1. The highest BCUT2D eigenvalue weighted by Crippen LogP contribution is 2.39. The highest BCUT2D eigenvalue weighted by Gasteiger charge is 2.31. The lowest BCUT2D eigenvalue weighted by Crippen LogP contribution is -2.20. The van der Waals surface area contributed by atoms with Crippen LogP contribution in [0.5, 0.6) is 17.4 Å². The van der Waals surface area contributed by atoms with Crippen molar-refractivity contribution in [1.82, 2.24) is 4.98 Å². The Morgan fingerprint density at radius 2 is 2.12 bits per heavy atom. The molecule has 0 fully saturated rings. The third kappa shape index (κ3) is 4.04. The molecule has 0 spiro atoms. The van der Waals surface area contributed by atoms with Gasteiger partial charge in [-0.2, -0.15) is 13.2 Å². The summed E-state index contributed by atoms with van der Waals surface area (Å²) in [4.78, 5) is 3.72. The van der Waals surface area contributed by atoms with Gasteiger partial charge in [-0.05, 0) is 36.7 Å². The van der Waals surface area contributed by atoms with Gasteiger partial charge in [0.05, 0.1) is 12.2 Å². The fourth-order valence-corrected chi connectivity index (χ4v) is 2.68. The number of allylic oxidation sites excluding steroid dienone is 1. The molecule has 0 bridgehead atoms. The van der Waals surface area contributed by atoms with Crippen molar-refractivity contribution in [3.8, 4) is 17.4 Å². The van der Waals surface area contributed by atoms with Crippen LogP contribution in [0.1, 0.15) is 17.5 Å². The van der Waals surface area contributed by atoms with Crippen molar-refractivity contribution in [1.29, 1.82) is 0 Å². The van der Waals surface area contributed by atoms with Gasteiger partial charge in [0.25, 0.3) is 0 Å². The molecule has 0 saturated carbocycles. The molecule has 2 heterocycles. The van der Waals surface area contributed by atoms with Crippen LogP contribution in [-0.2, 0) is 12.6 Å². The van der Waals surface area contributed by atoms with Crippen LogP contribution in [-0.4, -0.2) is 11.6 Å². The number of halogens is 3. The van der Waals surface area contributed by atoms with Crippen LogP contribution in [0.2, 0.25) is 0 Å². The lowest BCUT2D eigenvalue weighted by Gasteiger charge is -2.26. The molecule has 25 heavy (non-hydrogen) atoms. The fraction of sp³-hybridized carbons (Fsp3) is 0.278. The topological polar surface area (TPSA) is 57.4 Å². The summed E-state index contributed by atoms with van der Waals surface area (Å²) in [6.07, 6.45) is 1.38. The summed E-state index contributed by atoms with van der Waals surface area (Å²) in [5.41, 5.74) is 5.54. The maximum atomic E-state index is 12.6. The number of nitrogens with zero attached hydrogens (tertiary/aromatic N) is 1. The zero-order valence-electron chi connectivity index (χ0n) is 13.3. The molecule has 3 rings (SSSR count). The Morgan fingerprint density at radius 3 is 2.80 bits per heavy atom.